The van der Waals surface area contributed by atoms with Gasteiger partial charge in [0.25, 0.3) is 0 Å². The number of aliphatic carboxylic acids is 2. The Kier molecular flexibility index (Phi) is 10.3. The summed E-state index contributed by atoms with van der Waals surface area (Å²) in [6.07, 6.45) is 0.138. The average Bonchev–Trinajstić information content (AvgIpc) is 2.35. The van der Waals surface area contributed by atoms with E-state index in [0.717, 1.165) is 6.42 Å². The normalized spacial score (nSPS) is 18.3. The van der Waals surface area contributed by atoms with Gasteiger partial charge >= 0.3 is 11.9 Å². The Hall–Kier alpha value is -1.18. The van der Waals surface area contributed by atoms with Crippen LogP contribution in [0.4, 0.5) is 0 Å². The van der Waals surface area contributed by atoms with E-state index in [0.29, 0.717) is 0 Å². The van der Waals surface area contributed by atoms with E-state index in [1.54, 1.807) is 6.92 Å². The lowest BCUT2D eigenvalue weighted by Crippen LogP contribution is -2.41. The predicted molar refractivity (Wildman–Crippen MR) is 71.5 cm³/mol. The molecule has 0 radical (unpaired) electrons. The van der Waals surface area contributed by atoms with Crippen molar-refractivity contribution in [2.45, 2.75) is 52.3 Å². The fourth-order valence-corrected chi connectivity index (χ4v) is 1.02. The zero-order valence-electron chi connectivity index (χ0n) is 11.9. The van der Waals surface area contributed by atoms with Crippen LogP contribution < -0.4 is 11.5 Å². The Morgan fingerprint density at radius 3 is 1.47 bits per heavy atom. The first-order valence-corrected chi connectivity index (χ1v) is 6.21. The lowest BCUT2D eigenvalue weighted by Gasteiger charge is -2.17. The Morgan fingerprint density at radius 1 is 1.00 bits per heavy atom. The topological polar surface area (TPSA) is 147 Å². The molecule has 0 aliphatic heterocycles. The van der Waals surface area contributed by atoms with Crippen molar-refractivity contribution in [3.8, 4) is 0 Å². The van der Waals surface area contributed by atoms with Gasteiger partial charge in [0.1, 0.15) is 12.1 Å². The number of aliphatic hydroxyl groups is 1. The molecule has 0 fully saturated rings. The lowest BCUT2D eigenvalue weighted by atomic mass is 9.98. The first kappa shape index (κ1) is 20.1. The van der Waals surface area contributed by atoms with Gasteiger partial charge in [0.15, 0.2) is 0 Å². The summed E-state index contributed by atoms with van der Waals surface area (Å²) in [7, 11) is 0. The van der Waals surface area contributed by atoms with E-state index in [2.05, 4.69) is 0 Å². The number of hydrogen-bond donors (Lipinski definition) is 5. The van der Waals surface area contributed by atoms with Gasteiger partial charge in [-0.15, -0.1) is 0 Å². The molecular weight excluding hydrogens is 252 g/mol. The second-order valence-corrected chi connectivity index (χ2v) is 4.71. The highest BCUT2D eigenvalue weighted by Gasteiger charge is 2.23. The molecule has 0 bridgehead atoms. The molecule has 5 atom stereocenters. The Morgan fingerprint density at radius 2 is 1.37 bits per heavy atom. The molecule has 0 aromatic carbocycles. The fourth-order valence-electron chi connectivity index (χ4n) is 1.02. The lowest BCUT2D eigenvalue weighted by molar-refractivity contribution is -0.141. The zero-order valence-corrected chi connectivity index (χ0v) is 11.9. The van der Waals surface area contributed by atoms with E-state index >= 15 is 0 Å². The van der Waals surface area contributed by atoms with Gasteiger partial charge in [-0.1, -0.05) is 27.2 Å². The number of rotatable bonds is 6. The third-order valence-corrected chi connectivity index (χ3v) is 3.15. The number of carboxylic acid groups (broad SMARTS) is 2. The molecule has 7 nitrogen and oxygen atoms in total. The molecule has 114 valence electrons. The van der Waals surface area contributed by atoms with Gasteiger partial charge in [-0.2, -0.15) is 0 Å². The summed E-state index contributed by atoms with van der Waals surface area (Å²) in [6, 6.07) is -1.67. The summed E-state index contributed by atoms with van der Waals surface area (Å²) in [5, 5.41) is 25.6. The van der Waals surface area contributed by atoms with Gasteiger partial charge < -0.3 is 26.8 Å². The zero-order chi connectivity index (χ0) is 15.7. The van der Waals surface area contributed by atoms with Crippen molar-refractivity contribution in [1.29, 1.82) is 0 Å². The first-order chi connectivity index (χ1) is 8.56. The van der Waals surface area contributed by atoms with Gasteiger partial charge in [0.05, 0.1) is 6.10 Å². The number of aliphatic hydroxyl groups excluding tert-OH is 1. The smallest absolute Gasteiger partial charge is 0.320 e. The van der Waals surface area contributed by atoms with Crippen LogP contribution in [0.3, 0.4) is 0 Å². The minimum absolute atomic E-state index is 0.0718. The van der Waals surface area contributed by atoms with Crippen LogP contribution >= 0.6 is 0 Å². The van der Waals surface area contributed by atoms with Gasteiger partial charge in [-0.05, 0) is 12.8 Å². The maximum atomic E-state index is 10.2. The standard InChI is InChI=1S/C6H13NO3.C6H13NO2/c1-3(4(2)8)5(7)6(9)10;1-3-4(2)5(7)6(8)9/h3-5,8H,7H2,1-2H3,(H,9,10);4-5H,3,7H2,1-2H3,(H,8,9). The molecule has 0 amide bonds. The fraction of sp³-hybridized carbons (Fsp3) is 0.833. The van der Waals surface area contributed by atoms with Crippen LogP contribution in [0.5, 0.6) is 0 Å². The second kappa shape index (κ2) is 9.71. The molecule has 0 spiro atoms. The molecule has 0 aromatic heterocycles. The van der Waals surface area contributed by atoms with Crippen LogP contribution in [0, 0.1) is 11.8 Å². The van der Waals surface area contributed by atoms with E-state index in [1.165, 1.54) is 6.92 Å². The summed E-state index contributed by atoms with van der Waals surface area (Å²) in [5.41, 5.74) is 10.5. The van der Waals surface area contributed by atoms with Crippen LogP contribution in [0.15, 0.2) is 0 Å². The van der Waals surface area contributed by atoms with Crippen LogP contribution in [0.1, 0.15) is 34.1 Å². The molecule has 5 unspecified atom stereocenters. The van der Waals surface area contributed by atoms with E-state index in [9.17, 15) is 9.59 Å². The van der Waals surface area contributed by atoms with E-state index in [1.807, 2.05) is 13.8 Å². The molecule has 7 N–H and O–H groups in total. The van der Waals surface area contributed by atoms with Crippen molar-refractivity contribution in [3.05, 3.63) is 0 Å². The number of carbonyl (C=O) groups is 2. The van der Waals surface area contributed by atoms with Crippen molar-refractivity contribution in [2.75, 3.05) is 0 Å². The highest BCUT2D eigenvalue weighted by atomic mass is 16.4. The van der Waals surface area contributed by atoms with E-state index in [4.69, 9.17) is 26.8 Å². The van der Waals surface area contributed by atoms with Crippen molar-refractivity contribution in [2.24, 2.45) is 23.3 Å². The van der Waals surface area contributed by atoms with Crippen molar-refractivity contribution < 1.29 is 24.9 Å². The molecule has 0 heterocycles. The largest absolute Gasteiger partial charge is 0.480 e. The third-order valence-electron chi connectivity index (χ3n) is 3.15. The van der Waals surface area contributed by atoms with Gasteiger partial charge in [-0.3, -0.25) is 9.59 Å². The van der Waals surface area contributed by atoms with Crippen molar-refractivity contribution in [3.63, 3.8) is 0 Å². The summed E-state index contributed by atoms with van der Waals surface area (Å²) in [5.74, 6) is -2.32. The highest BCUT2D eigenvalue weighted by molar-refractivity contribution is 5.73. The van der Waals surface area contributed by atoms with Gasteiger partial charge in [-0.25, -0.2) is 0 Å². The maximum absolute atomic E-state index is 10.2. The third kappa shape index (κ3) is 8.52. The molecule has 0 saturated carbocycles. The molecule has 0 saturated heterocycles. The van der Waals surface area contributed by atoms with Gasteiger partial charge in [0, 0.05) is 5.92 Å². The molecule has 0 aliphatic carbocycles. The van der Waals surface area contributed by atoms with Crippen LogP contribution in [0.25, 0.3) is 0 Å². The molecule has 7 heteroatoms. The van der Waals surface area contributed by atoms with Crippen molar-refractivity contribution in [1.82, 2.24) is 0 Å². The monoisotopic (exact) mass is 278 g/mol. The molecule has 0 aromatic rings. The minimum atomic E-state index is -1.08. The summed E-state index contributed by atoms with van der Waals surface area (Å²) >= 11 is 0. The Bertz CT molecular complexity index is 283. The minimum Gasteiger partial charge on any atom is -0.480 e. The predicted octanol–water partition coefficient (Wildman–Crippen LogP) is -0.140. The number of carboxylic acids is 2. The summed E-state index contributed by atoms with van der Waals surface area (Å²) in [6.45, 7) is 6.88. The van der Waals surface area contributed by atoms with Crippen LogP contribution in [-0.2, 0) is 9.59 Å². The quantitative estimate of drug-likeness (QED) is 0.454. The molecular formula is C12H26N2O5. The first-order valence-electron chi connectivity index (χ1n) is 6.21. The molecule has 0 aliphatic rings. The number of nitrogens with two attached hydrogens (primary N) is 2. The van der Waals surface area contributed by atoms with Crippen LogP contribution in [0.2, 0.25) is 0 Å². The van der Waals surface area contributed by atoms with Crippen LogP contribution in [-0.4, -0.2) is 45.4 Å². The molecule has 19 heavy (non-hydrogen) atoms. The van der Waals surface area contributed by atoms with Gasteiger partial charge in [0.2, 0.25) is 0 Å². The Balaban J connectivity index is 0. The van der Waals surface area contributed by atoms with Crippen molar-refractivity contribution >= 4 is 11.9 Å². The highest BCUT2D eigenvalue weighted by Crippen LogP contribution is 2.06. The molecule has 0 rings (SSSR count). The average molecular weight is 278 g/mol. The number of hydrogen-bond acceptors (Lipinski definition) is 5. The second-order valence-electron chi connectivity index (χ2n) is 4.71. The Labute approximate surface area is 113 Å². The maximum Gasteiger partial charge on any atom is 0.320 e. The summed E-state index contributed by atoms with van der Waals surface area (Å²) in [4.78, 5) is 20.4. The SMILES string of the molecule is CC(O)C(C)C(N)C(=O)O.CCC(C)C(N)C(=O)O. The summed E-state index contributed by atoms with van der Waals surface area (Å²) < 4.78 is 0. The van der Waals surface area contributed by atoms with E-state index < -0.39 is 36.0 Å². The van der Waals surface area contributed by atoms with E-state index in [-0.39, 0.29) is 5.92 Å².